The number of fused-ring (bicyclic) bond motifs is 1. The SMILES string of the molecule is COc1ccc2sc(N3C(=O)[C@H](C)[C@@H](Cc4ccc(Cl)cc4)C3=O)nc2c1. The van der Waals surface area contributed by atoms with Crippen LogP contribution in [-0.2, 0) is 16.0 Å². The maximum atomic E-state index is 13.0. The Morgan fingerprint density at radius 1 is 1.15 bits per heavy atom. The number of imide groups is 1. The standard InChI is InChI=1S/C20H17ClN2O3S/c1-11-15(9-12-3-5-13(21)6-4-12)19(25)23(18(11)24)20-22-16-10-14(26-2)7-8-17(16)27-20/h3-8,10-11,15H,9H2,1-2H3/t11-,15-/m1/s1. The highest BCUT2D eigenvalue weighted by atomic mass is 35.5. The third kappa shape index (κ3) is 3.19. The molecular weight excluding hydrogens is 384 g/mol. The topological polar surface area (TPSA) is 59.5 Å². The van der Waals surface area contributed by atoms with E-state index >= 15 is 0 Å². The van der Waals surface area contributed by atoms with Crippen LogP contribution in [0, 0.1) is 11.8 Å². The molecule has 5 nitrogen and oxygen atoms in total. The van der Waals surface area contributed by atoms with E-state index in [1.54, 1.807) is 32.2 Å². The highest BCUT2D eigenvalue weighted by Gasteiger charge is 2.46. The number of aromatic nitrogens is 1. The molecule has 7 heteroatoms. The molecule has 138 valence electrons. The molecule has 1 fully saturated rings. The number of carbonyl (C=O) groups excluding carboxylic acids is 2. The summed E-state index contributed by atoms with van der Waals surface area (Å²) in [6.45, 7) is 1.80. The zero-order valence-electron chi connectivity index (χ0n) is 14.8. The van der Waals surface area contributed by atoms with Crippen LogP contribution in [0.3, 0.4) is 0 Å². The summed E-state index contributed by atoms with van der Waals surface area (Å²) in [4.78, 5) is 31.6. The number of hydrogen-bond acceptors (Lipinski definition) is 5. The molecule has 0 saturated carbocycles. The van der Waals surface area contributed by atoms with Crippen molar-refractivity contribution in [1.29, 1.82) is 0 Å². The highest BCUT2D eigenvalue weighted by Crippen LogP contribution is 2.37. The van der Waals surface area contributed by atoms with Crippen molar-refractivity contribution in [1.82, 2.24) is 4.98 Å². The molecule has 2 heterocycles. The Balaban J connectivity index is 1.64. The molecule has 0 bridgehead atoms. The van der Waals surface area contributed by atoms with Gasteiger partial charge in [-0.3, -0.25) is 9.59 Å². The van der Waals surface area contributed by atoms with Gasteiger partial charge in [0.15, 0.2) is 5.13 Å². The van der Waals surface area contributed by atoms with E-state index in [4.69, 9.17) is 16.3 Å². The van der Waals surface area contributed by atoms with Gasteiger partial charge in [-0.1, -0.05) is 42.0 Å². The van der Waals surface area contributed by atoms with E-state index in [0.717, 1.165) is 10.3 Å². The number of nitrogens with zero attached hydrogens (tertiary/aromatic N) is 2. The normalized spacial score (nSPS) is 19.9. The molecule has 2 aromatic carbocycles. The molecule has 3 aromatic rings. The van der Waals surface area contributed by atoms with Crippen LogP contribution in [0.15, 0.2) is 42.5 Å². The summed E-state index contributed by atoms with van der Waals surface area (Å²) in [7, 11) is 1.59. The molecule has 0 unspecified atom stereocenters. The molecule has 0 radical (unpaired) electrons. The molecule has 1 aliphatic rings. The van der Waals surface area contributed by atoms with Crippen LogP contribution >= 0.6 is 22.9 Å². The number of amides is 2. The second-order valence-electron chi connectivity index (χ2n) is 6.57. The molecule has 0 aliphatic carbocycles. The largest absolute Gasteiger partial charge is 0.497 e. The van der Waals surface area contributed by atoms with Gasteiger partial charge in [0.05, 0.1) is 23.2 Å². The second-order valence-corrected chi connectivity index (χ2v) is 8.01. The first-order valence-electron chi connectivity index (χ1n) is 8.55. The zero-order chi connectivity index (χ0) is 19.1. The van der Waals surface area contributed by atoms with Crippen molar-refractivity contribution in [3.05, 3.63) is 53.1 Å². The first-order valence-corrected chi connectivity index (χ1v) is 9.74. The summed E-state index contributed by atoms with van der Waals surface area (Å²) in [5, 5.41) is 1.06. The van der Waals surface area contributed by atoms with Gasteiger partial charge in [0.25, 0.3) is 0 Å². The molecule has 1 aromatic heterocycles. The Morgan fingerprint density at radius 2 is 1.89 bits per heavy atom. The van der Waals surface area contributed by atoms with E-state index in [0.29, 0.717) is 27.8 Å². The predicted molar refractivity (Wildman–Crippen MR) is 106 cm³/mol. The van der Waals surface area contributed by atoms with Gasteiger partial charge >= 0.3 is 0 Å². The summed E-state index contributed by atoms with van der Waals surface area (Å²) in [5.74, 6) is -0.513. The molecule has 2 amide bonds. The van der Waals surface area contributed by atoms with E-state index in [9.17, 15) is 9.59 Å². The Hall–Kier alpha value is -2.44. The van der Waals surface area contributed by atoms with Crippen LogP contribution < -0.4 is 9.64 Å². The molecule has 4 rings (SSSR count). The van der Waals surface area contributed by atoms with Crippen LogP contribution in [0.5, 0.6) is 5.75 Å². The van der Waals surface area contributed by atoms with Crippen molar-refractivity contribution in [2.75, 3.05) is 12.0 Å². The number of halogens is 1. The van der Waals surface area contributed by atoms with Gasteiger partial charge in [0, 0.05) is 17.0 Å². The van der Waals surface area contributed by atoms with E-state index in [2.05, 4.69) is 4.98 Å². The Labute approximate surface area is 165 Å². The van der Waals surface area contributed by atoms with Gasteiger partial charge in [0.2, 0.25) is 11.8 Å². The number of hydrogen-bond donors (Lipinski definition) is 0. The number of thiazole rings is 1. The van der Waals surface area contributed by atoms with Crippen molar-refractivity contribution in [3.8, 4) is 5.75 Å². The van der Waals surface area contributed by atoms with Crippen molar-refractivity contribution in [2.45, 2.75) is 13.3 Å². The third-order valence-electron chi connectivity index (χ3n) is 4.89. The minimum absolute atomic E-state index is 0.200. The lowest BCUT2D eigenvalue weighted by molar-refractivity contribution is -0.122. The van der Waals surface area contributed by atoms with E-state index in [-0.39, 0.29) is 11.8 Å². The lowest BCUT2D eigenvalue weighted by Crippen LogP contribution is -2.30. The Morgan fingerprint density at radius 3 is 2.59 bits per heavy atom. The van der Waals surface area contributed by atoms with Crippen molar-refractivity contribution >= 4 is 50.1 Å². The summed E-state index contributed by atoms with van der Waals surface area (Å²) in [6, 6.07) is 12.9. The van der Waals surface area contributed by atoms with Crippen LogP contribution in [0.25, 0.3) is 10.2 Å². The van der Waals surface area contributed by atoms with E-state index < -0.39 is 11.8 Å². The highest BCUT2D eigenvalue weighted by molar-refractivity contribution is 7.22. The maximum Gasteiger partial charge on any atom is 0.239 e. The number of anilines is 1. The molecule has 27 heavy (non-hydrogen) atoms. The quantitative estimate of drug-likeness (QED) is 0.612. The first-order chi connectivity index (χ1) is 13.0. The monoisotopic (exact) mass is 400 g/mol. The summed E-state index contributed by atoms with van der Waals surface area (Å²) < 4.78 is 6.12. The molecule has 1 aliphatic heterocycles. The summed E-state index contributed by atoms with van der Waals surface area (Å²) in [6.07, 6.45) is 0.498. The number of methoxy groups -OCH3 is 1. The van der Waals surface area contributed by atoms with Gasteiger partial charge < -0.3 is 4.74 Å². The van der Waals surface area contributed by atoms with Gasteiger partial charge in [-0.2, -0.15) is 0 Å². The summed E-state index contributed by atoms with van der Waals surface area (Å²) in [5.41, 5.74) is 1.69. The van der Waals surface area contributed by atoms with Gasteiger partial charge in [-0.25, -0.2) is 9.88 Å². The minimum Gasteiger partial charge on any atom is -0.497 e. The minimum atomic E-state index is -0.403. The predicted octanol–water partition coefficient (Wildman–Crippen LogP) is 4.33. The fraction of sp³-hybridized carbons (Fsp3) is 0.250. The fourth-order valence-corrected chi connectivity index (χ4v) is 4.39. The Kier molecular flexibility index (Phi) is 4.61. The first kappa shape index (κ1) is 17.9. The van der Waals surface area contributed by atoms with Crippen LogP contribution in [-0.4, -0.2) is 23.9 Å². The van der Waals surface area contributed by atoms with Crippen LogP contribution in [0.2, 0.25) is 5.02 Å². The molecule has 0 spiro atoms. The molecule has 0 N–H and O–H groups in total. The lowest BCUT2D eigenvalue weighted by atomic mass is 9.90. The van der Waals surface area contributed by atoms with Crippen molar-refractivity contribution in [3.63, 3.8) is 0 Å². The Bertz CT molecular complexity index is 1030. The van der Waals surface area contributed by atoms with Gasteiger partial charge in [-0.15, -0.1) is 0 Å². The average molecular weight is 401 g/mol. The average Bonchev–Trinajstić information content (AvgIpc) is 3.17. The second kappa shape index (κ2) is 6.94. The maximum absolute atomic E-state index is 13.0. The number of rotatable bonds is 4. The van der Waals surface area contributed by atoms with Crippen LogP contribution in [0.1, 0.15) is 12.5 Å². The number of ether oxygens (including phenoxy) is 1. The van der Waals surface area contributed by atoms with E-state index in [1.807, 2.05) is 24.3 Å². The zero-order valence-corrected chi connectivity index (χ0v) is 16.4. The van der Waals surface area contributed by atoms with E-state index in [1.165, 1.54) is 16.2 Å². The molecule has 2 atom stereocenters. The van der Waals surface area contributed by atoms with Crippen molar-refractivity contribution < 1.29 is 14.3 Å². The number of carbonyl (C=O) groups is 2. The third-order valence-corrected chi connectivity index (χ3v) is 6.17. The molecular formula is C20H17ClN2O3S. The van der Waals surface area contributed by atoms with Crippen LogP contribution in [0.4, 0.5) is 5.13 Å². The number of benzene rings is 2. The molecule has 1 saturated heterocycles. The van der Waals surface area contributed by atoms with Gasteiger partial charge in [-0.05, 0) is 36.2 Å². The lowest BCUT2D eigenvalue weighted by Gasteiger charge is -2.12. The smallest absolute Gasteiger partial charge is 0.239 e. The van der Waals surface area contributed by atoms with Crippen molar-refractivity contribution in [2.24, 2.45) is 11.8 Å². The fourth-order valence-electron chi connectivity index (χ4n) is 3.31. The summed E-state index contributed by atoms with van der Waals surface area (Å²) >= 11 is 7.26. The van der Waals surface area contributed by atoms with Gasteiger partial charge in [0.1, 0.15) is 5.75 Å².